The summed E-state index contributed by atoms with van der Waals surface area (Å²) >= 11 is 3.33. The molecule has 0 saturated heterocycles. The van der Waals surface area contributed by atoms with Gasteiger partial charge in [0.25, 0.3) is 11.8 Å². The standard InChI is InChI=1S/C23H19BrN2O5/c1-2-30-23(29)15-9-11-16(12-10-15)25-22(28)20(14-17-6-5-13-31-17)26-21(27)18-7-3-4-8-19(18)24/h3-14H,2H2,1H3,(H,25,28)(H,26,27)/b20-14+. The lowest BCUT2D eigenvalue weighted by atomic mass is 10.2. The monoisotopic (exact) mass is 482 g/mol. The summed E-state index contributed by atoms with van der Waals surface area (Å²) in [6, 6.07) is 16.4. The fourth-order valence-electron chi connectivity index (χ4n) is 2.61. The van der Waals surface area contributed by atoms with Gasteiger partial charge in [-0.3, -0.25) is 9.59 Å². The zero-order chi connectivity index (χ0) is 22.2. The van der Waals surface area contributed by atoms with Gasteiger partial charge in [-0.05, 0) is 71.4 Å². The normalized spacial score (nSPS) is 11.0. The molecular formula is C23H19BrN2O5. The van der Waals surface area contributed by atoms with E-state index in [4.69, 9.17) is 9.15 Å². The van der Waals surface area contributed by atoms with Crippen molar-refractivity contribution in [3.05, 3.63) is 94.0 Å². The lowest BCUT2D eigenvalue weighted by Crippen LogP contribution is -2.31. The second kappa shape index (κ2) is 10.4. The number of hydrogen-bond donors (Lipinski definition) is 2. The Labute approximate surface area is 187 Å². The number of amides is 2. The van der Waals surface area contributed by atoms with E-state index in [9.17, 15) is 14.4 Å². The maximum atomic E-state index is 12.9. The molecule has 3 aromatic rings. The minimum atomic E-state index is -0.555. The average molecular weight is 483 g/mol. The van der Waals surface area contributed by atoms with Gasteiger partial charge in [0.15, 0.2) is 0 Å². The van der Waals surface area contributed by atoms with E-state index in [2.05, 4.69) is 26.6 Å². The molecule has 0 atom stereocenters. The molecule has 0 radical (unpaired) electrons. The van der Waals surface area contributed by atoms with Crippen LogP contribution in [0.4, 0.5) is 5.69 Å². The van der Waals surface area contributed by atoms with Crippen LogP contribution in [0.2, 0.25) is 0 Å². The molecule has 0 bridgehead atoms. The highest BCUT2D eigenvalue weighted by molar-refractivity contribution is 9.10. The Morgan fingerprint density at radius 1 is 1.03 bits per heavy atom. The number of rotatable bonds is 7. The predicted molar refractivity (Wildman–Crippen MR) is 119 cm³/mol. The molecule has 8 heteroatoms. The number of benzene rings is 2. The molecule has 0 aliphatic rings. The molecule has 0 unspecified atom stereocenters. The number of hydrogen-bond acceptors (Lipinski definition) is 5. The number of carbonyl (C=O) groups is 3. The molecular weight excluding hydrogens is 464 g/mol. The third-order valence-corrected chi connectivity index (χ3v) is 4.79. The summed E-state index contributed by atoms with van der Waals surface area (Å²) in [6.45, 7) is 2.00. The van der Waals surface area contributed by atoms with Crippen LogP contribution >= 0.6 is 15.9 Å². The predicted octanol–water partition coefficient (Wildman–Crippen LogP) is 4.63. The van der Waals surface area contributed by atoms with E-state index in [1.807, 2.05) is 0 Å². The number of nitrogens with one attached hydrogen (secondary N) is 2. The summed E-state index contributed by atoms with van der Waals surface area (Å²) in [7, 11) is 0. The molecule has 2 amide bonds. The van der Waals surface area contributed by atoms with E-state index in [1.54, 1.807) is 67.6 Å². The summed E-state index contributed by atoms with van der Waals surface area (Å²) in [5, 5.41) is 5.32. The zero-order valence-electron chi connectivity index (χ0n) is 16.6. The first-order valence-electron chi connectivity index (χ1n) is 9.37. The van der Waals surface area contributed by atoms with Crippen LogP contribution in [-0.4, -0.2) is 24.4 Å². The van der Waals surface area contributed by atoms with E-state index >= 15 is 0 Å². The molecule has 158 valence electrons. The van der Waals surface area contributed by atoms with Gasteiger partial charge in [-0.2, -0.15) is 0 Å². The van der Waals surface area contributed by atoms with Gasteiger partial charge in [0.2, 0.25) is 0 Å². The quantitative estimate of drug-likeness (QED) is 0.377. The number of furan rings is 1. The summed E-state index contributed by atoms with van der Waals surface area (Å²) in [4.78, 5) is 37.3. The molecule has 0 fully saturated rings. The van der Waals surface area contributed by atoms with Crippen LogP contribution in [0.1, 0.15) is 33.4 Å². The highest BCUT2D eigenvalue weighted by atomic mass is 79.9. The number of carbonyl (C=O) groups excluding carboxylic acids is 3. The van der Waals surface area contributed by atoms with Crippen LogP contribution < -0.4 is 10.6 Å². The first-order valence-corrected chi connectivity index (χ1v) is 10.2. The van der Waals surface area contributed by atoms with Gasteiger partial charge in [0, 0.05) is 16.2 Å². The molecule has 7 nitrogen and oxygen atoms in total. The summed E-state index contributed by atoms with van der Waals surface area (Å²) in [5.41, 5.74) is 1.18. The minimum absolute atomic E-state index is 0.00910. The highest BCUT2D eigenvalue weighted by Gasteiger charge is 2.17. The fraction of sp³-hybridized carbons (Fsp3) is 0.0870. The first-order chi connectivity index (χ1) is 15.0. The van der Waals surface area contributed by atoms with E-state index in [0.717, 1.165) is 0 Å². The number of ether oxygens (including phenoxy) is 1. The maximum Gasteiger partial charge on any atom is 0.338 e. The van der Waals surface area contributed by atoms with Crippen molar-refractivity contribution in [3.63, 3.8) is 0 Å². The van der Waals surface area contributed by atoms with Crippen LogP contribution in [0, 0.1) is 0 Å². The second-order valence-corrected chi connectivity index (χ2v) is 7.11. The zero-order valence-corrected chi connectivity index (χ0v) is 18.1. The fourth-order valence-corrected chi connectivity index (χ4v) is 3.08. The molecule has 3 rings (SSSR count). The third-order valence-electron chi connectivity index (χ3n) is 4.09. The topological polar surface area (TPSA) is 97.6 Å². The molecule has 31 heavy (non-hydrogen) atoms. The average Bonchev–Trinajstić information content (AvgIpc) is 3.27. The van der Waals surface area contributed by atoms with Crippen molar-refractivity contribution in [1.82, 2.24) is 5.32 Å². The Balaban J connectivity index is 1.79. The summed E-state index contributed by atoms with van der Waals surface area (Å²) in [5.74, 6) is -1.06. The van der Waals surface area contributed by atoms with Crippen molar-refractivity contribution in [2.75, 3.05) is 11.9 Å². The van der Waals surface area contributed by atoms with E-state index in [-0.39, 0.29) is 12.3 Å². The maximum absolute atomic E-state index is 12.9. The van der Waals surface area contributed by atoms with Gasteiger partial charge in [0.1, 0.15) is 11.5 Å². The van der Waals surface area contributed by atoms with E-state index in [1.165, 1.54) is 12.3 Å². The molecule has 0 aliphatic carbocycles. The smallest absolute Gasteiger partial charge is 0.338 e. The summed E-state index contributed by atoms with van der Waals surface area (Å²) < 4.78 is 10.8. The Morgan fingerprint density at radius 2 is 1.77 bits per heavy atom. The Hall–Kier alpha value is -3.65. The van der Waals surface area contributed by atoms with Crippen LogP contribution in [-0.2, 0) is 9.53 Å². The number of esters is 1. The first kappa shape index (κ1) is 22.0. The van der Waals surface area contributed by atoms with Crippen molar-refractivity contribution in [1.29, 1.82) is 0 Å². The van der Waals surface area contributed by atoms with Crippen molar-refractivity contribution in [3.8, 4) is 0 Å². The minimum Gasteiger partial charge on any atom is -0.465 e. The lowest BCUT2D eigenvalue weighted by Gasteiger charge is -2.12. The molecule has 2 aromatic carbocycles. The van der Waals surface area contributed by atoms with Crippen molar-refractivity contribution >= 4 is 45.5 Å². The molecule has 2 N–H and O–H groups in total. The van der Waals surface area contributed by atoms with Gasteiger partial charge in [-0.1, -0.05) is 12.1 Å². The van der Waals surface area contributed by atoms with E-state index in [0.29, 0.717) is 27.0 Å². The van der Waals surface area contributed by atoms with Crippen LogP contribution in [0.5, 0.6) is 0 Å². The van der Waals surface area contributed by atoms with Gasteiger partial charge in [-0.15, -0.1) is 0 Å². The molecule has 0 saturated carbocycles. The van der Waals surface area contributed by atoms with Crippen molar-refractivity contribution in [2.24, 2.45) is 0 Å². The van der Waals surface area contributed by atoms with Crippen molar-refractivity contribution < 1.29 is 23.5 Å². The number of halogens is 1. The van der Waals surface area contributed by atoms with Crippen LogP contribution in [0.3, 0.4) is 0 Å². The SMILES string of the molecule is CCOC(=O)c1ccc(NC(=O)/C(=C\c2ccco2)NC(=O)c2ccccc2Br)cc1. The lowest BCUT2D eigenvalue weighted by molar-refractivity contribution is -0.113. The van der Waals surface area contributed by atoms with Gasteiger partial charge in [-0.25, -0.2) is 4.79 Å². The van der Waals surface area contributed by atoms with Crippen molar-refractivity contribution in [2.45, 2.75) is 6.92 Å². The number of anilines is 1. The molecule has 1 heterocycles. The Kier molecular flexibility index (Phi) is 7.40. The van der Waals surface area contributed by atoms with Gasteiger partial charge in [0.05, 0.1) is 24.0 Å². The third kappa shape index (κ3) is 5.93. The molecule has 0 aliphatic heterocycles. The van der Waals surface area contributed by atoms with Crippen LogP contribution in [0.25, 0.3) is 6.08 Å². The summed E-state index contributed by atoms with van der Waals surface area (Å²) in [6.07, 6.45) is 2.89. The molecule has 1 aromatic heterocycles. The van der Waals surface area contributed by atoms with Gasteiger partial charge < -0.3 is 19.8 Å². The molecule has 0 spiro atoms. The highest BCUT2D eigenvalue weighted by Crippen LogP contribution is 2.17. The van der Waals surface area contributed by atoms with Gasteiger partial charge >= 0.3 is 5.97 Å². The Bertz CT molecular complexity index is 1110. The second-order valence-electron chi connectivity index (χ2n) is 6.26. The van der Waals surface area contributed by atoms with E-state index < -0.39 is 17.8 Å². The Morgan fingerprint density at radius 3 is 2.42 bits per heavy atom. The largest absolute Gasteiger partial charge is 0.465 e. The van der Waals surface area contributed by atoms with Crippen LogP contribution in [0.15, 0.2) is 81.5 Å².